The van der Waals surface area contributed by atoms with Crippen molar-refractivity contribution in [3.63, 3.8) is 0 Å². The van der Waals surface area contributed by atoms with Crippen LogP contribution in [0.4, 0.5) is 0 Å². The molecule has 0 fully saturated rings. The predicted octanol–water partition coefficient (Wildman–Crippen LogP) is 2.65. The first-order valence-electron chi connectivity index (χ1n) is 4.03. The van der Waals surface area contributed by atoms with E-state index in [1.165, 1.54) is 11.5 Å². The molecular formula is C8H13ClN2S. The van der Waals surface area contributed by atoms with Gasteiger partial charge in [0, 0.05) is 11.8 Å². The molecular weight excluding hydrogens is 192 g/mol. The summed E-state index contributed by atoms with van der Waals surface area (Å²) in [6.45, 7) is 6.13. The molecule has 0 radical (unpaired) electrons. The van der Waals surface area contributed by atoms with Crippen LogP contribution in [0.2, 0.25) is 0 Å². The topological polar surface area (TPSA) is 25.8 Å². The summed E-state index contributed by atoms with van der Waals surface area (Å²) in [6, 6.07) is 0. The van der Waals surface area contributed by atoms with Gasteiger partial charge in [-0.15, -0.1) is 11.6 Å². The molecule has 1 unspecified atom stereocenters. The molecule has 4 heteroatoms. The summed E-state index contributed by atoms with van der Waals surface area (Å²) < 4.78 is 4.10. The van der Waals surface area contributed by atoms with Gasteiger partial charge in [0.15, 0.2) is 0 Å². The van der Waals surface area contributed by atoms with Crippen LogP contribution in [0.1, 0.15) is 24.7 Å². The molecule has 0 aliphatic rings. The molecule has 2 nitrogen and oxygen atoms in total. The van der Waals surface area contributed by atoms with Gasteiger partial charge in [-0.1, -0.05) is 13.8 Å². The number of hydrogen-bond donors (Lipinski definition) is 0. The van der Waals surface area contributed by atoms with Crippen molar-refractivity contribution in [3.8, 4) is 0 Å². The SMILES string of the molecule is Cc1nsc(CC(Cl)C(C)C)n1. The van der Waals surface area contributed by atoms with Crippen LogP contribution in [0.5, 0.6) is 0 Å². The summed E-state index contributed by atoms with van der Waals surface area (Å²) in [5.74, 6) is 1.35. The van der Waals surface area contributed by atoms with Crippen LogP contribution in [0, 0.1) is 12.8 Å². The van der Waals surface area contributed by atoms with Gasteiger partial charge in [-0.25, -0.2) is 4.98 Å². The van der Waals surface area contributed by atoms with Crippen LogP contribution < -0.4 is 0 Å². The minimum atomic E-state index is 0.178. The highest BCUT2D eigenvalue weighted by molar-refractivity contribution is 7.05. The maximum atomic E-state index is 6.10. The Hall–Kier alpha value is -0.150. The molecule has 0 N–H and O–H groups in total. The lowest BCUT2D eigenvalue weighted by Crippen LogP contribution is -2.10. The molecule has 0 aliphatic carbocycles. The molecule has 0 aliphatic heterocycles. The number of aromatic nitrogens is 2. The molecule has 1 heterocycles. The van der Waals surface area contributed by atoms with Gasteiger partial charge in [0.25, 0.3) is 0 Å². The predicted molar refractivity (Wildman–Crippen MR) is 52.8 cm³/mol. The van der Waals surface area contributed by atoms with Crippen molar-refractivity contribution >= 4 is 23.1 Å². The van der Waals surface area contributed by atoms with Crippen LogP contribution in [0.25, 0.3) is 0 Å². The highest BCUT2D eigenvalue weighted by atomic mass is 35.5. The van der Waals surface area contributed by atoms with E-state index in [9.17, 15) is 0 Å². The summed E-state index contributed by atoms with van der Waals surface area (Å²) in [7, 11) is 0. The first-order chi connectivity index (χ1) is 5.59. The third kappa shape index (κ3) is 2.72. The van der Waals surface area contributed by atoms with Crippen LogP contribution in [0.15, 0.2) is 0 Å². The second-order valence-electron chi connectivity index (χ2n) is 3.20. The van der Waals surface area contributed by atoms with E-state index in [-0.39, 0.29) is 5.38 Å². The monoisotopic (exact) mass is 204 g/mol. The Balaban J connectivity index is 2.52. The zero-order valence-corrected chi connectivity index (χ0v) is 9.11. The maximum absolute atomic E-state index is 6.10. The molecule has 1 rings (SSSR count). The van der Waals surface area contributed by atoms with Gasteiger partial charge < -0.3 is 0 Å². The maximum Gasteiger partial charge on any atom is 0.139 e. The number of hydrogen-bond acceptors (Lipinski definition) is 3. The van der Waals surface area contributed by atoms with Gasteiger partial charge in [0.2, 0.25) is 0 Å². The number of nitrogens with zero attached hydrogens (tertiary/aromatic N) is 2. The standard InChI is InChI=1S/C8H13ClN2S/c1-5(2)7(9)4-8-10-6(3)11-12-8/h5,7H,4H2,1-3H3. The minimum Gasteiger partial charge on any atom is -0.225 e. The number of halogens is 1. The molecule has 0 bridgehead atoms. The fourth-order valence-corrected chi connectivity index (χ4v) is 1.77. The molecule has 1 atom stereocenters. The van der Waals surface area contributed by atoms with Gasteiger partial charge in [-0.2, -0.15) is 4.37 Å². The van der Waals surface area contributed by atoms with E-state index in [1.807, 2.05) is 6.92 Å². The van der Waals surface area contributed by atoms with Gasteiger partial charge in [0.1, 0.15) is 10.8 Å². The lowest BCUT2D eigenvalue weighted by atomic mass is 10.1. The first-order valence-corrected chi connectivity index (χ1v) is 5.24. The summed E-state index contributed by atoms with van der Waals surface area (Å²) in [4.78, 5) is 4.26. The number of alkyl halides is 1. The van der Waals surface area contributed by atoms with Gasteiger partial charge in [-0.3, -0.25) is 0 Å². The third-order valence-electron chi connectivity index (χ3n) is 1.66. The summed E-state index contributed by atoms with van der Waals surface area (Å²) in [5, 5.41) is 1.22. The Bertz CT molecular complexity index is 247. The molecule has 0 amide bonds. The van der Waals surface area contributed by atoms with Crippen molar-refractivity contribution in [2.45, 2.75) is 32.6 Å². The molecule has 0 saturated heterocycles. The lowest BCUT2D eigenvalue weighted by Gasteiger charge is -2.09. The normalized spacial score (nSPS) is 13.8. The van der Waals surface area contributed by atoms with Crippen molar-refractivity contribution in [1.82, 2.24) is 9.36 Å². The van der Waals surface area contributed by atoms with Crippen LogP contribution in [-0.2, 0) is 6.42 Å². The van der Waals surface area contributed by atoms with Crippen molar-refractivity contribution in [2.75, 3.05) is 0 Å². The van der Waals surface area contributed by atoms with Crippen molar-refractivity contribution in [2.24, 2.45) is 5.92 Å². The molecule has 1 aromatic rings. The summed E-state index contributed by atoms with van der Waals surface area (Å²) in [5.41, 5.74) is 0. The van der Waals surface area contributed by atoms with Crippen LogP contribution in [0.3, 0.4) is 0 Å². The van der Waals surface area contributed by atoms with E-state index in [4.69, 9.17) is 11.6 Å². The zero-order chi connectivity index (χ0) is 9.14. The van der Waals surface area contributed by atoms with E-state index in [1.54, 1.807) is 0 Å². The van der Waals surface area contributed by atoms with Gasteiger partial charge in [-0.05, 0) is 24.4 Å². The van der Waals surface area contributed by atoms with Crippen molar-refractivity contribution < 1.29 is 0 Å². The zero-order valence-electron chi connectivity index (χ0n) is 7.54. The second-order valence-corrected chi connectivity index (χ2v) is 4.60. The fraction of sp³-hybridized carbons (Fsp3) is 0.750. The molecule has 0 spiro atoms. The smallest absolute Gasteiger partial charge is 0.139 e. The average Bonchev–Trinajstić information content (AvgIpc) is 2.35. The Morgan fingerprint density at radius 3 is 2.58 bits per heavy atom. The minimum absolute atomic E-state index is 0.178. The van der Waals surface area contributed by atoms with Crippen molar-refractivity contribution in [1.29, 1.82) is 0 Å². The van der Waals surface area contributed by atoms with E-state index in [0.717, 1.165) is 17.3 Å². The lowest BCUT2D eigenvalue weighted by molar-refractivity contribution is 0.594. The second kappa shape index (κ2) is 4.19. The van der Waals surface area contributed by atoms with Crippen LogP contribution >= 0.6 is 23.1 Å². The Labute approximate surface area is 82.1 Å². The Morgan fingerprint density at radius 2 is 2.17 bits per heavy atom. The Kier molecular flexibility index (Phi) is 3.47. The van der Waals surface area contributed by atoms with E-state index in [0.29, 0.717) is 5.92 Å². The molecule has 68 valence electrons. The van der Waals surface area contributed by atoms with Gasteiger partial charge >= 0.3 is 0 Å². The fourth-order valence-electron chi connectivity index (χ4n) is 0.825. The molecule has 12 heavy (non-hydrogen) atoms. The summed E-state index contributed by atoms with van der Waals surface area (Å²) in [6.07, 6.45) is 0.838. The first kappa shape index (κ1) is 9.93. The summed E-state index contributed by atoms with van der Waals surface area (Å²) >= 11 is 7.55. The molecule has 1 aromatic heterocycles. The van der Waals surface area contributed by atoms with E-state index < -0.39 is 0 Å². The Morgan fingerprint density at radius 1 is 1.50 bits per heavy atom. The highest BCUT2D eigenvalue weighted by Gasteiger charge is 2.12. The number of rotatable bonds is 3. The van der Waals surface area contributed by atoms with Crippen molar-refractivity contribution in [3.05, 3.63) is 10.8 Å². The van der Waals surface area contributed by atoms with E-state index in [2.05, 4.69) is 23.2 Å². The third-order valence-corrected chi connectivity index (χ3v) is 3.15. The average molecular weight is 205 g/mol. The van der Waals surface area contributed by atoms with E-state index >= 15 is 0 Å². The highest BCUT2D eigenvalue weighted by Crippen LogP contribution is 2.16. The molecule has 0 saturated carbocycles. The number of aryl methyl sites for hydroxylation is 1. The van der Waals surface area contributed by atoms with Crippen LogP contribution in [-0.4, -0.2) is 14.7 Å². The largest absolute Gasteiger partial charge is 0.225 e. The molecule has 0 aromatic carbocycles. The van der Waals surface area contributed by atoms with Gasteiger partial charge in [0.05, 0.1) is 0 Å². The quantitative estimate of drug-likeness (QED) is 0.708.